The maximum absolute atomic E-state index is 6.24. The largest absolute Gasteiger partial charge is 0.263 e. The Morgan fingerprint density at radius 1 is 1.47 bits per heavy atom. The van der Waals surface area contributed by atoms with Gasteiger partial charge in [0, 0.05) is 17.8 Å². The van der Waals surface area contributed by atoms with Gasteiger partial charge in [0.2, 0.25) is 0 Å². The first-order valence-electron chi connectivity index (χ1n) is 5.50. The van der Waals surface area contributed by atoms with E-state index >= 15 is 0 Å². The summed E-state index contributed by atoms with van der Waals surface area (Å²) in [6.45, 7) is 0. The van der Waals surface area contributed by atoms with E-state index in [-0.39, 0.29) is 0 Å². The van der Waals surface area contributed by atoms with Crippen molar-refractivity contribution < 1.29 is 0 Å². The van der Waals surface area contributed by atoms with E-state index in [1.807, 2.05) is 6.07 Å². The molecular formula is C12H15Cl2N. The molecule has 1 fully saturated rings. The molecule has 1 aromatic rings. The number of rotatable bonds is 5. The van der Waals surface area contributed by atoms with Crippen molar-refractivity contribution in [3.05, 3.63) is 29.0 Å². The zero-order valence-corrected chi connectivity index (χ0v) is 10.1. The average Bonchev–Trinajstić information content (AvgIpc) is 3.04. The third-order valence-corrected chi connectivity index (χ3v) is 3.83. The Balaban J connectivity index is 1.75. The van der Waals surface area contributed by atoms with Crippen molar-refractivity contribution in [2.24, 2.45) is 5.92 Å². The monoisotopic (exact) mass is 243 g/mol. The fourth-order valence-electron chi connectivity index (χ4n) is 1.79. The van der Waals surface area contributed by atoms with E-state index in [2.05, 4.69) is 4.98 Å². The van der Waals surface area contributed by atoms with Crippen LogP contribution in [0.15, 0.2) is 18.5 Å². The van der Waals surface area contributed by atoms with Crippen molar-refractivity contribution in [2.75, 3.05) is 0 Å². The van der Waals surface area contributed by atoms with Crippen LogP contribution in [0.2, 0.25) is 5.02 Å². The average molecular weight is 244 g/mol. The van der Waals surface area contributed by atoms with Gasteiger partial charge in [0.25, 0.3) is 0 Å². The molecule has 1 heterocycles. The molecule has 0 N–H and O–H groups in total. The predicted octanol–water partition coefficient (Wildman–Crippen LogP) is 4.08. The molecule has 2 rings (SSSR count). The van der Waals surface area contributed by atoms with Crippen molar-refractivity contribution in [1.29, 1.82) is 0 Å². The van der Waals surface area contributed by atoms with Crippen molar-refractivity contribution in [3.8, 4) is 0 Å². The molecule has 1 aliphatic rings. The van der Waals surface area contributed by atoms with E-state index in [9.17, 15) is 0 Å². The number of hydrogen-bond acceptors (Lipinski definition) is 1. The lowest BCUT2D eigenvalue weighted by atomic mass is 10.1. The minimum absolute atomic E-state index is 0.380. The summed E-state index contributed by atoms with van der Waals surface area (Å²) in [5, 5.41) is 1.15. The number of hydrogen-bond donors (Lipinski definition) is 0. The van der Waals surface area contributed by atoms with Crippen LogP contribution < -0.4 is 0 Å². The Bertz CT molecular complexity index is 323. The molecule has 1 saturated carbocycles. The van der Waals surface area contributed by atoms with Gasteiger partial charge in [-0.25, -0.2) is 0 Å². The minimum atomic E-state index is 0.380. The molecule has 1 atom stereocenters. The fourth-order valence-corrected chi connectivity index (χ4v) is 2.41. The predicted molar refractivity (Wildman–Crippen MR) is 64.6 cm³/mol. The molecule has 0 amide bonds. The van der Waals surface area contributed by atoms with Gasteiger partial charge < -0.3 is 0 Å². The number of aryl methyl sites for hydroxylation is 1. The second-order valence-electron chi connectivity index (χ2n) is 4.21. The lowest BCUT2D eigenvalue weighted by Crippen LogP contribution is -2.01. The Labute approximate surface area is 101 Å². The van der Waals surface area contributed by atoms with Crippen LogP contribution in [0.4, 0.5) is 0 Å². The van der Waals surface area contributed by atoms with Gasteiger partial charge in [-0.2, -0.15) is 0 Å². The summed E-state index contributed by atoms with van der Waals surface area (Å²) in [5.74, 6) is 0.791. The second kappa shape index (κ2) is 5.18. The van der Waals surface area contributed by atoms with Gasteiger partial charge in [0.15, 0.2) is 0 Å². The molecule has 15 heavy (non-hydrogen) atoms. The first-order chi connectivity index (χ1) is 7.27. The van der Waals surface area contributed by atoms with Crippen LogP contribution in [0.5, 0.6) is 0 Å². The Hall–Kier alpha value is -0.270. The van der Waals surface area contributed by atoms with Crippen LogP contribution in [0.25, 0.3) is 0 Å². The van der Waals surface area contributed by atoms with E-state index in [1.54, 1.807) is 12.4 Å². The Morgan fingerprint density at radius 2 is 2.27 bits per heavy atom. The highest BCUT2D eigenvalue weighted by molar-refractivity contribution is 6.31. The van der Waals surface area contributed by atoms with E-state index < -0.39 is 0 Å². The summed E-state index contributed by atoms with van der Waals surface area (Å²) in [6.07, 6.45) is 9.38. The maximum Gasteiger partial charge on any atom is 0.0621 e. The van der Waals surface area contributed by atoms with E-state index in [0.29, 0.717) is 5.38 Å². The van der Waals surface area contributed by atoms with Crippen molar-refractivity contribution in [1.82, 2.24) is 4.98 Å². The third kappa shape index (κ3) is 3.35. The molecular weight excluding hydrogens is 229 g/mol. The van der Waals surface area contributed by atoms with Gasteiger partial charge in [0.05, 0.1) is 5.02 Å². The summed E-state index contributed by atoms with van der Waals surface area (Å²) in [5.41, 5.74) is 1.19. The molecule has 1 aromatic heterocycles. The van der Waals surface area contributed by atoms with Gasteiger partial charge in [-0.3, -0.25) is 4.98 Å². The zero-order chi connectivity index (χ0) is 10.7. The summed E-state index contributed by atoms with van der Waals surface area (Å²) in [4.78, 5) is 3.97. The quantitative estimate of drug-likeness (QED) is 0.711. The highest BCUT2D eigenvalue weighted by Gasteiger charge is 2.28. The summed E-state index contributed by atoms with van der Waals surface area (Å²) in [7, 11) is 0. The van der Waals surface area contributed by atoms with Crippen molar-refractivity contribution >= 4 is 23.2 Å². The minimum Gasteiger partial charge on any atom is -0.263 e. The Kier molecular flexibility index (Phi) is 3.87. The number of alkyl halides is 1. The summed E-state index contributed by atoms with van der Waals surface area (Å²) in [6, 6.07) is 1.99. The summed E-state index contributed by atoms with van der Waals surface area (Å²) < 4.78 is 0. The second-order valence-corrected chi connectivity index (χ2v) is 5.18. The molecule has 1 nitrogen and oxygen atoms in total. The fraction of sp³-hybridized carbons (Fsp3) is 0.583. The molecule has 1 unspecified atom stereocenters. The van der Waals surface area contributed by atoms with Crippen LogP contribution in [0.3, 0.4) is 0 Å². The van der Waals surface area contributed by atoms with Gasteiger partial charge in [-0.1, -0.05) is 11.6 Å². The highest BCUT2D eigenvalue weighted by atomic mass is 35.5. The lowest BCUT2D eigenvalue weighted by Gasteiger charge is -2.07. The number of halogens is 2. The molecule has 1 aliphatic carbocycles. The molecule has 0 aromatic carbocycles. The van der Waals surface area contributed by atoms with Crippen LogP contribution in [-0.4, -0.2) is 10.4 Å². The number of nitrogens with zero attached hydrogens (tertiary/aromatic N) is 1. The van der Waals surface area contributed by atoms with Crippen LogP contribution >= 0.6 is 23.2 Å². The van der Waals surface area contributed by atoms with Gasteiger partial charge in [0.1, 0.15) is 0 Å². The SMILES string of the molecule is Clc1cnccc1CCCC(Cl)C1CC1. The lowest BCUT2D eigenvalue weighted by molar-refractivity contribution is 0.637. The number of pyridine rings is 1. The zero-order valence-electron chi connectivity index (χ0n) is 8.63. The molecule has 0 spiro atoms. The molecule has 0 saturated heterocycles. The maximum atomic E-state index is 6.24. The van der Waals surface area contributed by atoms with Crippen LogP contribution in [0.1, 0.15) is 31.2 Å². The molecule has 0 bridgehead atoms. The first kappa shape index (κ1) is 11.2. The standard InChI is InChI=1S/C12H15Cl2N/c13-11(10-4-5-10)3-1-2-9-6-7-15-8-12(9)14/h6-8,10-11H,1-5H2. The Morgan fingerprint density at radius 3 is 2.93 bits per heavy atom. The van der Waals surface area contributed by atoms with E-state index in [1.165, 1.54) is 18.4 Å². The highest BCUT2D eigenvalue weighted by Crippen LogP contribution is 2.37. The van der Waals surface area contributed by atoms with Gasteiger partial charge >= 0.3 is 0 Å². The van der Waals surface area contributed by atoms with Gasteiger partial charge in [-0.05, 0) is 49.7 Å². The first-order valence-corrected chi connectivity index (χ1v) is 6.31. The van der Waals surface area contributed by atoms with Crippen molar-refractivity contribution in [2.45, 2.75) is 37.5 Å². The van der Waals surface area contributed by atoms with Crippen LogP contribution in [0, 0.1) is 5.92 Å². The molecule has 3 heteroatoms. The number of aromatic nitrogens is 1. The van der Waals surface area contributed by atoms with E-state index in [0.717, 1.165) is 30.2 Å². The molecule has 0 aliphatic heterocycles. The molecule has 82 valence electrons. The van der Waals surface area contributed by atoms with Crippen LogP contribution in [-0.2, 0) is 6.42 Å². The smallest absolute Gasteiger partial charge is 0.0621 e. The topological polar surface area (TPSA) is 12.9 Å². The molecule has 0 radical (unpaired) electrons. The van der Waals surface area contributed by atoms with E-state index in [4.69, 9.17) is 23.2 Å². The van der Waals surface area contributed by atoms with Gasteiger partial charge in [-0.15, -0.1) is 11.6 Å². The van der Waals surface area contributed by atoms with Crippen molar-refractivity contribution in [3.63, 3.8) is 0 Å². The summed E-state index contributed by atoms with van der Waals surface area (Å²) >= 11 is 12.3. The normalized spacial score (nSPS) is 17.7. The third-order valence-electron chi connectivity index (χ3n) is 2.92.